The Balaban J connectivity index is 1.85. The monoisotopic (exact) mass is 358 g/mol. The van der Waals surface area contributed by atoms with E-state index in [4.69, 9.17) is 4.74 Å². The van der Waals surface area contributed by atoms with Crippen molar-refractivity contribution in [2.45, 2.75) is 38.0 Å². The van der Waals surface area contributed by atoms with Crippen molar-refractivity contribution >= 4 is 23.9 Å². The third-order valence-corrected chi connectivity index (χ3v) is 5.04. The number of aliphatic carboxylic acids is 1. The summed E-state index contributed by atoms with van der Waals surface area (Å²) < 4.78 is 5.24. The van der Waals surface area contributed by atoms with E-state index in [1.165, 1.54) is 23.8 Å². The number of carboxylic acids is 1. The van der Waals surface area contributed by atoms with Crippen LogP contribution in [0.15, 0.2) is 30.5 Å². The lowest BCUT2D eigenvalue weighted by Crippen LogP contribution is -2.43. The maximum atomic E-state index is 12.9. The Kier molecular flexibility index (Phi) is 5.08. The number of hydrogen-bond donors (Lipinski definition) is 1. The van der Waals surface area contributed by atoms with Gasteiger partial charge in [0, 0.05) is 33.2 Å². The minimum Gasteiger partial charge on any atom is -0.480 e. The van der Waals surface area contributed by atoms with Crippen molar-refractivity contribution < 1.29 is 24.2 Å². The second kappa shape index (κ2) is 7.29. The summed E-state index contributed by atoms with van der Waals surface area (Å²) in [6.45, 7) is 1.70. The first kappa shape index (κ1) is 18.1. The van der Waals surface area contributed by atoms with Crippen LogP contribution in [0.1, 0.15) is 36.9 Å². The molecular formula is C19H22N2O5. The van der Waals surface area contributed by atoms with Gasteiger partial charge in [0.05, 0.1) is 18.6 Å². The Bertz CT molecular complexity index is 760. The molecule has 1 aromatic carbocycles. The number of nitrogens with zero attached hydrogens (tertiary/aromatic N) is 2. The number of likely N-dealkylation sites (tertiary alicyclic amines) is 1. The molecule has 0 aliphatic carbocycles. The summed E-state index contributed by atoms with van der Waals surface area (Å²) in [5, 5.41) is 9.42. The fourth-order valence-corrected chi connectivity index (χ4v) is 3.67. The molecule has 1 N–H and O–H groups in total. The molecule has 26 heavy (non-hydrogen) atoms. The highest BCUT2D eigenvalue weighted by Crippen LogP contribution is 2.34. The minimum absolute atomic E-state index is 0.0289. The fraction of sp³-hybridized carbons (Fsp3) is 0.421. The highest BCUT2D eigenvalue weighted by molar-refractivity contribution is 5.86. The van der Waals surface area contributed by atoms with Crippen LogP contribution < -0.4 is 0 Å². The number of carbonyl (C=O) groups excluding carboxylic acids is 2. The summed E-state index contributed by atoms with van der Waals surface area (Å²) >= 11 is 0. The summed E-state index contributed by atoms with van der Waals surface area (Å²) in [4.78, 5) is 39.3. The van der Waals surface area contributed by atoms with Gasteiger partial charge in [-0.15, -0.1) is 0 Å². The Morgan fingerprint density at radius 1 is 1.27 bits per heavy atom. The Morgan fingerprint density at radius 3 is 2.65 bits per heavy atom. The van der Waals surface area contributed by atoms with Crippen LogP contribution in [-0.4, -0.2) is 58.5 Å². The van der Waals surface area contributed by atoms with Crippen molar-refractivity contribution in [1.29, 1.82) is 0 Å². The molecule has 2 amide bonds. The van der Waals surface area contributed by atoms with Crippen LogP contribution in [0.3, 0.4) is 0 Å². The van der Waals surface area contributed by atoms with Gasteiger partial charge in [0.15, 0.2) is 0 Å². The zero-order valence-corrected chi connectivity index (χ0v) is 14.8. The molecule has 1 fully saturated rings. The van der Waals surface area contributed by atoms with Gasteiger partial charge in [0.1, 0.15) is 6.04 Å². The summed E-state index contributed by atoms with van der Waals surface area (Å²) in [5.41, 5.74) is 1.83. The molecule has 138 valence electrons. The SMILES string of the molecule is COC1CC(C(=O)O)N(C(=O)CC2c3ccccc3C=CN2C(C)=O)C1. The highest BCUT2D eigenvalue weighted by Gasteiger charge is 2.41. The number of fused-ring (bicyclic) bond motifs is 1. The lowest BCUT2D eigenvalue weighted by molar-refractivity contribution is -0.149. The summed E-state index contributed by atoms with van der Waals surface area (Å²) in [5.74, 6) is -1.50. The van der Waals surface area contributed by atoms with E-state index in [2.05, 4.69) is 0 Å². The fourth-order valence-electron chi connectivity index (χ4n) is 3.67. The lowest BCUT2D eigenvalue weighted by atomic mass is 9.93. The van der Waals surface area contributed by atoms with Crippen molar-refractivity contribution in [1.82, 2.24) is 9.80 Å². The molecule has 0 aromatic heterocycles. The van der Waals surface area contributed by atoms with Gasteiger partial charge in [-0.2, -0.15) is 0 Å². The van der Waals surface area contributed by atoms with E-state index in [0.717, 1.165) is 11.1 Å². The molecule has 2 aliphatic rings. The molecule has 2 aliphatic heterocycles. The van der Waals surface area contributed by atoms with Crippen LogP contribution in [-0.2, 0) is 19.1 Å². The van der Waals surface area contributed by atoms with E-state index in [-0.39, 0.29) is 37.3 Å². The lowest BCUT2D eigenvalue weighted by Gasteiger charge is -2.33. The summed E-state index contributed by atoms with van der Waals surface area (Å²) in [7, 11) is 1.51. The van der Waals surface area contributed by atoms with E-state index in [9.17, 15) is 19.5 Å². The van der Waals surface area contributed by atoms with Gasteiger partial charge in [0.2, 0.25) is 11.8 Å². The van der Waals surface area contributed by atoms with Crippen LogP contribution in [0.4, 0.5) is 0 Å². The smallest absolute Gasteiger partial charge is 0.326 e. The number of carboxylic acid groups (broad SMARTS) is 1. The standard InChI is InChI=1S/C19H22N2O5/c1-12(22)20-8-7-13-5-3-4-6-15(13)16(20)10-18(23)21-11-14(26-2)9-17(21)19(24)25/h3-8,14,16-17H,9-11H2,1-2H3,(H,24,25). The molecule has 0 saturated carbocycles. The molecule has 3 rings (SSSR count). The molecule has 2 heterocycles. The van der Waals surface area contributed by atoms with Crippen LogP contribution in [0.25, 0.3) is 6.08 Å². The number of ether oxygens (including phenoxy) is 1. The van der Waals surface area contributed by atoms with Gasteiger partial charge >= 0.3 is 5.97 Å². The molecule has 3 unspecified atom stereocenters. The molecule has 0 spiro atoms. The summed E-state index contributed by atoms with van der Waals surface area (Å²) in [6.07, 6.45) is 3.53. The van der Waals surface area contributed by atoms with Crippen molar-refractivity contribution in [2.24, 2.45) is 0 Å². The number of benzene rings is 1. The number of carbonyl (C=O) groups is 3. The van der Waals surface area contributed by atoms with Crippen LogP contribution >= 0.6 is 0 Å². The second-order valence-corrected chi connectivity index (χ2v) is 6.58. The first-order chi connectivity index (χ1) is 12.4. The van der Waals surface area contributed by atoms with Crippen LogP contribution in [0.5, 0.6) is 0 Å². The predicted octanol–water partition coefficient (Wildman–Crippen LogP) is 1.65. The quantitative estimate of drug-likeness (QED) is 0.884. The molecule has 0 radical (unpaired) electrons. The first-order valence-corrected chi connectivity index (χ1v) is 8.53. The normalized spacial score (nSPS) is 24.5. The van der Waals surface area contributed by atoms with E-state index in [1.54, 1.807) is 6.20 Å². The van der Waals surface area contributed by atoms with E-state index >= 15 is 0 Å². The molecule has 3 atom stereocenters. The predicted molar refractivity (Wildman–Crippen MR) is 93.9 cm³/mol. The van der Waals surface area contributed by atoms with Gasteiger partial charge in [-0.3, -0.25) is 9.59 Å². The minimum atomic E-state index is -1.04. The zero-order chi connectivity index (χ0) is 18.8. The Morgan fingerprint density at radius 2 is 2.00 bits per heavy atom. The van der Waals surface area contributed by atoms with Crippen LogP contribution in [0.2, 0.25) is 0 Å². The van der Waals surface area contributed by atoms with Crippen molar-refractivity contribution in [2.75, 3.05) is 13.7 Å². The second-order valence-electron chi connectivity index (χ2n) is 6.58. The zero-order valence-electron chi connectivity index (χ0n) is 14.8. The van der Waals surface area contributed by atoms with Gasteiger partial charge in [-0.05, 0) is 17.2 Å². The van der Waals surface area contributed by atoms with Gasteiger partial charge < -0.3 is 19.6 Å². The number of amides is 2. The van der Waals surface area contributed by atoms with Crippen molar-refractivity contribution in [3.05, 3.63) is 41.6 Å². The number of rotatable bonds is 4. The van der Waals surface area contributed by atoms with E-state index in [0.29, 0.717) is 0 Å². The largest absolute Gasteiger partial charge is 0.480 e. The van der Waals surface area contributed by atoms with E-state index < -0.39 is 18.1 Å². The molecular weight excluding hydrogens is 336 g/mol. The maximum absolute atomic E-state index is 12.9. The van der Waals surface area contributed by atoms with Gasteiger partial charge in [-0.1, -0.05) is 24.3 Å². The maximum Gasteiger partial charge on any atom is 0.326 e. The molecule has 1 aromatic rings. The molecule has 1 saturated heterocycles. The van der Waals surface area contributed by atoms with E-state index in [1.807, 2.05) is 30.3 Å². The third-order valence-electron chi connectivity index (χ3n) is 5.04. The highest BCUT2D eigenvalue weighted by atomic mass is 16.5. The molecule has 7 heteroatoms. The first-order valence-electron chi connectivity index (χ1n) is 8.53. The third kappa shape index (κ3) is 3.35. The topological polar surface area (TPSA) is 87.2 Å². The van der Waals surface area contributed by atoms with Crippen LogP contribution in [0, 0.1) is 0 Å². The van der Waals surface area contributed by atoms with Gasteiger partial charge in [-0.25, -0.2) is 4.79 Å². The summed E-state index contributed by atoms with van der Waals surface area (Å²) in [6, 6.07) is 6.24. The molecule has 0 bridgehead atoms. The molecule has 7 nitrogen and oxygen atoms in total. The van der Waals surface area contributed by atoms with Crippen molar-refractivity contribution in [3.63, 3.8) is 0 Å². The average molecular weight is 358 g/mol. The van der Waals surface area contributed by atoms with Crippen molar-refractivity contribution in [3.8, 4) is 0 Å². The van der Waals surface area contributed by atoms with Gasteiger partial charge in [0.25, 0.3) is 0 Å². The average Bonchev–Trinajstić information content (AvgIpc) is 3.06. The number of methoxy groups -OCH3 is 1. The number of hydrogen-bond acceptors (Lipinski definition) is 4. The Labute approximate surface area is 151 Å². The Hall–Kier alpha value is -2.67.